The van der Waals surface area contributed by atoms with E-state index in [1.165, 1.54) is 12.0 Å². The van der Waals surface area contributed by atoms with E-state index >= 15 is 0 Å². The average molecular weight is 289 g/mol. The van der Waals surface area contributed by atoms with E-state index in [2.05, 4.69) is 4.74 Å². The molecule has 0 aliphatic carbocycles. The first-order chi connectivity index (χ1) is 9.23. The third-order valence-electron chi connectivity index (χ3n) is 3.26. The highest BCUT2D eigenvalue weighted by molar-refractivity contribution is 5.70. The summed E-state index contributed by atoms with van der Waals surface area (Å²) in [5, 5.41) is 0. The van der Waals surface area contributed by atoms with Crippen LogP contribution in [0.1, 0.15) is 40.0 Å². The van der Waals surface area contributed by atoms with Crippen LogP contribution in [0.5, 0.6) is 0 Å². The van der Waals surface area contributed by atoms with Gasteiger partial charge in [0.1, 0.15) is 11.8 Å². The van der Waals surface area contributed by atoms with Crippen molar-refractivity contribution in [2.24, 2.45) is 5.92 Å². The molecule has 0 aromatic rings. The predicted molar refractivity (Wildman–Crippen MR) is 72.1 cm³/mol. The topological polar surface area (TPSA) is 55.8 Å². The maximum atomic E-state index is 14.0. The normalized spacial score (nSPS) is 23.9. The number of likely N-dealkylation sites (tertiary alicyclic amines) is 1. The molecule has 20 heavy (non-hydrogen) atoms. The van der Waals surface area contributed by atoms with Crippen molar-refractivity contribution in [1.29, 1.82) is 0 Å². The Bertz CT molecular complexity index is 354. The molecular formula is C14H24FNO4. The Labute approximate surface area is 119 Å². The van der Waals surface area contributed by atoms with Crippen molar-refractivity contribution in [2.45, 2.75) is 51.8 Å². The number of carbonyl (C=O) groups is 2. The Hall–Kier alpha value is -1.33. The Morgan fingerprint density at radius 2 is 1.85 bits per heavy atom. The molecule has 0 aromatic carbocycles. The number of alkyl halides is 1. The van der Waals surface area contributed by atoms with Crippen molar-refractivity contribution >= 4 is 12.1 Å². The van der Waals surface area contributed by atoms with Gasteiger partial charge in [0.2, 0.25) is 0 Å². The van der Waals surface area contributed by atoms with E-state index in [4.69, 9.17) is 4.74 Å². The zero-order valence-corrected chi connectivity index (χ0v) is 12.6. The zero-order valence-electron chi connectivity index (χ0n) is 12.6. The van der Waals surface area contributed by atoms with Gasteiger partial charge in [0.15, 0.2) is 0 Å². The number of ether oxygens (including phenoxy) is 2. The summed E-state index contributed by atoms with van der Waals surface area (Å²) in [7, 11) is 1.29. The number of rotatable bonds is 2. The van der Waals surface area contributed by atoms with Crippen molar-refractivity contribution in [2.75, 3.05) is 20.2 Å². The molecule has 6 heteroatoms. The molecule has 2 atom stereocenters. The van der Waals surface area contributed by atoms with Gasteiger partial charge in [0.25, 0.3) is 0 Å². The average Bonchev–Trinajstić information content (AvgIpc) is 2.50. The van der Waals surface area contributed by atoms with Crippen molar-refractivity contribution in [3.63, 3.8) is 0 Å². The number of nitrogens with zero attached hydrogens (tertiary/aromatic N) is 1. The number of halogens is 1. The molecule has 0 aromatic heterocycles. The Kier molecular flexibility index (Phi) is 5.77. The molecular weight excluding hydrogens is 265 g/mol. The van der Waals surface area contributed by atoms with Crippen LogP contribution in [0.2, 0.25) is 0 Å². The second-order valence-electron chi connectivity index (χ2n) is 6.10. The summed E-state index contributed by atoms with van der Waals surface area (Å²) >= 11 is 0. The van der Waals surface area contributed by atoms with Gasteiger partial charge in [-0.25, -0.2) is 9.18 Å². The van der Waals surface area contributed by atoms with Crippen LogP contribution in [0, 0.1) is 5.92 Å². The van der Waals surface area contributed by atoms with Crippen LogP contribution in [0.3, 0.4) is 0 Å². The van der Waals surface area contributed by atoms with Gasteiger partial charge in [-0.2, -0.15) is 0 Å². The van der Waals surface area contributed by atoms with E-state index in [9.17, 15) is 14.0 Å². The molecule has 5 nitrogen and oxygen atoms in total. The lowest BCUT2D eigenvalue weighted by atomic mass is 9.95. The Morgan fingerprint density at radius 1 is 1.25 bits per heavy atom. The Balaban J connectivity index is 2.57. The largest absolute Gasteiger partial charge is 0.469 e. The van der Waals surface area contributed by atoms with Crippen LogP contribution in [0.15, 0.2) is 0 Å². The number of carbonyl (C=O) groups excluding carboxylic acids is 2. The number of amides is 1. The molecule has 1 saturated heterocycles. The van der Waals surface area contributed by atoms with Gasteiger partial charge in [0, 0.05) is 19.0 Å². The highest BCUT2D eigenvalue weighted by Gasteiger charge is 2.31. The summed E-state index contributed by atoms with van der Waals surface area (Å²) in [6, 6.07) is 0. The van der Waals surface area contributed by atoms with E-state index in [1.807, 2.05) is 0 Å². The predicted octanol–water partition coefficient (Wildman–Crippen LogP) is 2.53. The molecule has 1 aliphatic heterocycles. The number of methoxy groups -OCH3 is 1. The molecule has 0 N–H and O–H groups in total. The van der Waals surface area contributed by atoms with E-state index in [0.717, 1.165) is 0 Å². The third kappa shape index (κ3) is 5.35. The van der Waals surface area contributed by atoms with Crippen LogP contribution in [-0.2, 0) is 14.3 Å². The minimum absolute atomic E-state index is 0.0554. The fraction of sp³-hybridized carbons (Fsp3) is 0.857. The molecule has 2 unspecified atom stereocenters. The van der Waals surface area contributed by atoms with Gasteiger partial charge >= 0.3 is 12.1 Å². The SMILES string of the molecule is COC(=O)CC1CCN(C(=O)OC(C)(C)C)CCC1F. The lowest BCUT2D eigenvalue weighted by Crippen LogP contribution is -2.37. The molecule has 0 spiro atoms. The van der Waals surface area contributed by atoms with Gasteiger partial charge in [-0.05, 0) is 33.6 Å². The summed E-state index contributed by atoms with van der Waals surface area (Å²) < 4.78 is 23.8. The molecule has 0 saturated carbocycles. The Morgan fingerprint density at radius 3 is 2.40 bits per heavy atom. The lowest BCUT2D eigenvalue weighted by molar-refractivity contribution is -0.142. The number of hydrogen-bond donors (Lipinski definition) is 0. The van der Waals surface area contributed by atoms with Gasteiger partial charge in [-0.15, -0.1) is 0 Å². The monoisotopic (exact) mass is 289 g/mol. The van der Waals surface area contributed by atoms with Crippen molar-refractivity contribution in [3.8, 4) is 0 Å². The minimum atomic E-state index is -1.10. The highest BCUT2D eigenvalue weighted by atomic mass is 19.1. The van der Waals surface area contributed by atoms with E-state index in [-0.39, 0.29) is 12.8 Å². The lowest BCUT2D eigenvalue weighted by Gasteiger charge is -2.26. The first kappa shape index (κ1) is 16.7. The van der Waals surface area contributed by atoms with Crippen LogP contribution >= 0.6 is 0 Å². The van der Waals surface area contributed by atoms with Gasteiger partial charge in [-0.1, -0.05) is 0 Å². The van der Waals surface area contributed by atoms with Crippen molar-refractivity contribution < 1.29 is 23.5 Å². The van der Waals surface area contributed by atoms with Crippen LogP contribution in [0.25, 0.3) is 0 Å². The fourth-order valence-electron chi connectivity index (χ4n) is 2.17. The maximum Gasteiger partial charge on any atom is 0.410 e. The summed E-state index contributed by atoms with van der Waals surface area (Å²) in [5.74, 6) is -0.807. The molecule has 1 fully saturated rings. The second kappa shape index (κ2) is 6.90. The third-order valence-corrected chi connectivity index (χ3v) is 3.26. The van der Waals surface area contributed by atoms with Crippen molar-refractivity contribution in [3.05, 3.63) is 0 Å². The van der Waals surface area contributed by atoms with Gasteiger partial charge < -0.3 is 14.4 Å². The van der Waals surface area contributed by atoms with E-state index in [0.29, 0.717) is 19.5 Å². The molecule has 0 bridgehead atoms. The summed E-state index contributed by atoms with van der Waals surface area (Å²) in [6.45, 7) is 6.09. The summed E-state index contributed by atoms with van der Waals surface area (Å²) in [6.07, 6.45) is -0.805. The van der Waals surface area contributed by atoms with Gasteiger partial charge in [0.05, 0.1) is 13.5 Å². The molecule has 116 valence electrons. The summed E-state index contributed by atoms with van der Waals surface area (Å²) in [5.41, 5.74) is -0.566. The fourth-order valence-corrected chi connectivity index (χ4v) is 2.17. The standard InChI is InChI=1S/C14H24FNO4/c1-14(2,3)20-13(18)16-7-5-10(9-12(17)19-4)11(15)6-8-16/h10-11H,5-9H2,1-4H3. The smallest absolute Gasteiger partial charge is 0.410 e. The molecule has 0 radical (unpaired) electrons. The first-order valence-electron chi connectivity index (χ1n) is 6.91. The summed E-state index contributed by atoms with van der Waals surface area (Å²) in [4.78, 5) is 24.7. The minimum Gasteiger partial charge on any atom is -0.469 e. The maximum absolute atomic E-state index is 14.0. The van der Waals surface area contributed by atoms with Crippen LogP contribution in [-0.4, -0.2) is 48.9 Å². The van der Waals surface area contributed by atoms with E-state index in [1.54, 1.807) is 20.8 Å². The number of esters is 1. The quantitative estimate of drug-likeness (QED) is 0.733. The second-order valence-corrected chi connectivity index (χ2v) is 6.10. The molecule has 1 amide bonds. The molecule has 1 heterocycles. The molecule has 1 rings (SSSR count). The number of hydrogen-bond acceptors (Lipinski definition) is 4. The van der Waals surface area contributed by atoms with Crippen LogP contribution < -0.4 is 0 Å². The zero-order chi connectivity index (χ0) is 15.3. The van der Waals surface area contributed by atoms with E-state index < -0.39 is 29.8 Å². The molecule has 1 aliphatic rings. The first-order valence-corrected chi connectivity index (χ1v) is 6.91. The van der Waals surface area contributed by atoms with Gasteiger partial charge in [-0.3, -0.25) is 4.79 Å². The highest BCUT2D eigenvalue weighted by Crippen LogP contribution is 2.25. The van der Waals surface area contributed by atoms with Crippen molar-refractivity contribution in [1.82, 2.24) is 4.90 Å². The van der Waals surface area contributed by atoms with Crippen LogP contribution in [0.4, 0.5) is 9.18 Å².